The fourth-order valence-electron chi connectivity index (χ4n) is 3.12. The summed E-state index contributed by atoms with van der Waals surface area (Å²) in [6.45, 7) is 0. The van der Waals surface area contributed by atoms with Gasteiger partial charge in [0.25, 0.3) is 10.1 Å². The van der Waals surface area contributed by atoms with Crippen LogP contribution in [0.1, 0.15) is 25.7 Å². The van der Waals surface area contributed by atoms with Crippen molar-refractivity contribution >= 4 is 21.7 Å². The summed E-state index contributed by atoms with van der Waals surface area (Å²) in [5.41, 5.74) is 0. The van der Waals surface area contributed by atoms with Crippen LogP contribution in [0.4, 0.5) is 0 Å². The molecule has 18 heavy (non-hydrogen) atoms. The highest BCUT2D eigenvalue weighted by Crippen LogP contribution is 2.46. The van der Waals surface area contributed by atoms with Crippen LogP contribution in [0.15, 0.2) is 29.2 Å². The second-order valence-electron chi connectivity index (χ2n) is 5.22. The third-order valence-electron chi connectivity index (χ3n) is 4.03. The minimum Gasteiger partial charge on any atom is -0.263 e. The molecule has 0 N–H and O–H groups in total. The molecule has 2 fully saturated rings. The highest BCUT2D eigenvalue weighted by atomic mass is 35.5. The summed E-state index contributed by atoms with van der Waals surface area (Å²) >= 11 is 5.75. The van der Waals surface area contributed by atoms with E-state index < -0.39 is 10.1 Å². The number of hydrogen-bond donors (Lipinski definition) is 0. The van der Waals surface area contributed by atoms with Crippen molar-refractivity contribution in [1.29, 1.82) is 0 Å². The quantitative estimate of drug-likeness (QED) is 0.801. The molecule has 1 aromatic carbocycles. The molecular formula is C13H15ClO3S. The summed E-state index contributed by atoms with van der Waals surface area (Å²) in [5, 5.41) is 0.522. The number of benzene rings is 1. The fraction of sp³-hybridized carbons (Fsp3) is 0.538. The van der Waals surface area contributed by atoms with E-state index in [1.807, 2.05) is 0 Å². The topological polar surface area (TPSA) is 43.4 Å². The van der Waals surface area contributed by atoms with E-state index in [4.69, 9.17) is 15.8 Å². The molecule has 98 valence electrons. The molecule has 0 spiro atoms. The summed E-state index contributed by atoms with van der Waals surface area (Å²) in [6.07, 6.45) is 4.22. The van der Waals surface area contributed by atoms with Gasteiger partial charge in [0, 0.05) is 5.02 Å². The van der Waals surface area contributed by atoms with Gasteiger partial charge in [0.2, 0.25) is 0 Å². The van der Waals surface area contributed by atoms with Crippen LogP contribution in [0.3, 0.4) is 0 Å². The SMILES string of the molecule is O=S(=O)(O[C@H]1C[C@@H]2CC[C@H]1C2)c1ccc(Cl)cc1. The maximum absolute atomic E-state index is 12.1. The van der Waals surface area contributed by atoms with Crippen LogP contribution in [0, 0.1) is 11.8 Å². The zero-order valence-corrected chi connectivity index (χ0v) is 11.5. The molecule has 1 aromatic rings. The van der Waals surface area contributed by atoms with E-state index in [-0.39, 0.29) is 11.0 Å². The van der Waals surface area contributed by atoms with E-state index in [9.17, 15) is 8.42 Å². The Hall–Kier alpha value is -0.580. The lowest BCUT2D eigenvalue weighted by molar-refractivity contribution is 0.145. The Kier molecular flexibility index (Phi) is 3.12. The molecule has 0 aliphatic heterocycles. The molecule has 0 radical (unpaired) electrons. The van der Waals surface area contributed by atoms with Crippen molar-refractivity contribution in [2.24, 2.45) is 11.8 Å². The summed E-state index contributed by atoms with van der Waals surface area (Å²) in [4.78, 5) is 0.190. The Balaban J connectivity index is 1.77. The first-order chi connectivity index (χ1) is 8.54. The van der Waals surface area contributed by atoms with Gasteiger partial charge in [-0.3, -0.25) is 4.18 Å². The highest BCUT2D eigenvalue weighted by molar-refractivity contribution is 7.86. The summed E-state index contributed by atoms with van der Waals surface area (Å²) in [7, 11) is -3.64. The highest BCUT2D eigenvalue weighted by Gasteiger charge is 2.42. The molecular weight excluding hydrogens is 272 g/mol. The molecule has 2 saturated carbocycles. The molecule has 5 heteroatoms. The lowest BCUT2D eigenvalue weighted by atomic mass is 9.98. The molecule has 0 saturated heterocycles. The Morgan fingerprint density at radius 3 is 2.39 bits per heavy atom. The zero-order valence-electron chi connectivity index (χ0n) is 9.88. The van der Waals surface area contributed by atoms with Gasteiger partial charge >= 0.3 is 0 Å². The van der Waals surface area contributed by atoms with Gasteiger partial charge in [-0.25, -0.2) is 0 Å². The molecule has 0 amide bonds. The van der Waals surface area contributed by atoms with Gasteiger partial charge in [-0.15, -0.1) is 0 Å². The number of halogens is 1. The molecule has 0 unspecified atom stereocenters. The number of fused-ring (bicyclic) bond motifs is 2. The Bertz CT molecular complexity index is 538. The molecule has 3 atom stereocenters. The smallest absolute Gasteiger partial charge is 0.263 e. The standard InChI is InChI=1S/C13H15ClO3S/c14-11-3-5-12(6-4-11)18(15,16)17-13-8-9-1-2-10(13)7-9/h3-6,9-10,13H,1-2,7-8H2/t9-,10+,13+/m1/s1. The largest absolute Gasteiger partial charge is 0.297 e. The van der Waals surface area contributed by atoms with E-state index in [1.165, 1.54) is 18.6 Å². The molecule has 2 bridgehead atoms. The first-order valence-corrected chi connectivity index (χ1v) is 8.02. The molecule has 3 nitrogen and oxygen atoms in total. The molecule has 3 rings (SSSR count). The van der Waals surface area contributed by atoms with Gasteiger partial charge in [0.15, 0.2) is 0 Å². The lowest BCUT2D eigenvalue weighted by Crippen LogP contribution is -2.24. The van der Waals surface area contributed by atoms with Crippen molar-refractivity contribution in [1.82, 2.24) is 0 Å². The molecule has 0 aromatic heterocycles. The Morgan fingerprint density at radius 2 is 1.83 bits per heavy atom. The normalized spacial score (nSPS) is 30.8. The molecule has 2 aliphatic carbocycles. The summed E-state index contributed by atoms with van der Waals surface area (Å²) in [5.74, 6) is 1.09. The van der Waals surface area contributed by atoms with Gasteiger partial charge in [-0.05, 0) is 61.8 Å². The minimum absolute atomic E-state index is 0.121. The lowest BCUT2D eigenvalue weighted by Gasteiger charge is -2.21. The van der Waals surface area contributed by atoms with Crippen LogP contribution in [0.5, 0.6) is 0 Å². The van der Waals surface area contributed by atoms with Crippen LogP contribution < -0.4 is 0 Å². The zero-order chi connectivity index (χ0) is 12.8. The van der Waals surface area contributed by atoms with Gasteiger partial charge in [0.05, 0.1) is 11.0 Å². The van der Waals surface area contributed by atoms with Crippen LogP contribution in [-0.4, -0.2) is 14.5 Å². The summed E-state index contributed by atoms with van der Waals surface area (Å²) in [6, 6.07) is 6.12. The van der Waals surface area contributed by atoms with Gasteiger partial charge in [0.1, 0.15) is 0 Å². The first-order valence-electron chi connectivity index (χ1n) is 6.23. The van der Waals surface area contributed by atoms with Crippen LogP contribution in [-0.2, 0) is 14.3 Å². The third kappa shape index (κ3) is 2.29. The van der Waals surface area contributed by atoms with Crippen molar-refractivity contribution in [3.8, 4) is 0 Å². The van der Waals surface area contributed by atoms with Crippen LogP contribution >= 0.6 is 11.6 Å². The Morgan fingerprint density at radius 1 is 1.11 bits per heavy atom. The monoisotopic (exact) mass is 286 g/mol. The van der Waals surface area contributed by atoms with Crippen molar-refractivity contribution < 1.29 is 12.6 Å². The fourth-order valence-corrected chi connectivity index (χ4v) is 4.39. The van der Waals surface area contributed by atoms with E-state index in [0.717, 1.165) is 19.3 Å². The average molecular weight is 287 g/mol. The van der Waals surface area contributed by atoms with Crippen molar-refractivity contribution in [2.45, 2.75) is 36.7 Å². The van der Waals surface area contributed by atoms with Crippen molar-refractivity contribution in [3.63, 3.8) is 0 Å². The summed E-state index contributed by atoms with van der Waals surface area (Å²) < 4.78 is 29.6. The number of rotatable bonds is 3. The Labute approximate surface area is 112 Å². The van der Waals surface area contributed by atoms with Gasteiger partial charge < -0.3 is 0 Å². The van der Waals surface area contributed by atoms with Gasteiger partial charge in [-0.2, -0.15) is 8.42 Å². The van der Waals surface area contributed by atoms with Crippen LogP contribution in [0.25, 0.3) is 0 Å². The second kappa shape index (κ2) is 4.51. The van der Waals surface area contributed by atoms with Crippen LogP contribution in [0.2, 0.25) is 5.02 Å². The van der Waals surface area contributed by atoms with E-state index >= 15 is 0 Å². The van der Waals surface area contributed by atoms with Crippen molar-refractivity contribution in [2.75, 3.05) is 0 Å². The van der Waals surface area contributed by atoms with E-state index in [0.29, 0.717) is 16.9 Å². The second-order valence-corrected chi connectivity index (χ2v) is 7.23. The van der Waals surface area contributed by atoms with Gasteiger partial charge in [-0.1, -0.05) is 11.6 Å². The van der Waals surface area contributed by atoms with E-state index in [1.54, 1.807) is 12.1 Å². The maximum Gasteiger partial charge on any atom is 0.297 e. The van der Waals surface area contributed by atoms with Crippen molar-refractivity contribution in [3.05, 3.63) is 29.3 Å². The molecule has 2 aliphatic rings. The number of hydrogen-bond acceptors (Lipinski definition) is 3. The molecule has 0 heterocycles. The predicted molar refractivity (Wildman–Crippen MR) is 69.0 cm³/mol. The first kappa shape index (κ1) is 12.5. The minimum atomic E-state index is -3.64. The third-order valence-corrected chi connectivity index (χ3v) is 5.63. The van der Waals surface area contributed by atoms with E-state index in [2.05, 4.69) is 0 Å². The predicted octanol–water partition coefficient (Wildman–Crippen LogP) is 3.23. The maximum atomic E-state index is 12.1. The average Bonchev–Trinajstić information content (AvgIpc) is 2.91.